The number of benzene rings is 3. The topological polar surface area (TPSA) is 119 Å². The number of nitro benzene ring substituents is 1. The number of imide groups is 2. The first-order chi connectivity index (χ1) is 17.1. The van der Waals surface area contributed by atoms with E-state index in [2.05, 4.69) is 37.2 Å². The van der Waals surface area contributed by atoms with Crippen molar-refractivity contribution >= 4 is 67.2 Å². The number of rotatable bonds is 6. The average molecular weight is 615 g/mol. The highest BCUT2D eigenvalue weighted by atomic mass is 79.9. The molecule has 0 unspecified atom stereocenters. The summed E-state index contributed by atoms with van der Waals surface area (Å²) in [6.45, 7) is 1.96. The number of anilines is 1. The van der Waals surface area contributed by atoms with Gasteiger partial charge in [0.15, 0.2) is 0 Å². The highest BCUT2D eigenvalue weighted by Gasteiger charge is 2.36. The minimum absolute atomic E-state index is 0.0372. The summed E-state index contributed by atoms with van der Waals surface area (Å²) in [7, 11) is 0. The van der Waals surface area contributed by atoms with Crippen LogP contribution in [0.25, 0.3) is 6.08 Å². The second-order valence-electron chi connectivity index (χ2n) is 7.82. The summed E-state index contributed by atoms with van der Waals surface area (Å²) >= 11 is 6.85. The smallest absolute Gasteiger partial charge is 0.335 e. The van der Waals surface area contributed by atoms with Crippen molar-refractivity contribution in [1.82, 2.24) is 5.32 Å². The van der Waals surface area contributed by atoms with Gasteiger partial charge in [-0.2, -0.15) is 0 Å². The van der Waals surface area contributed by atoms with Crippen LogP contribution < -0.4 is 15.0 Å². The lowest BCUT2D eigenvalue weighted by Gasteiger charge is -2.26. The second kappa shape index (κ2) is 10.4. The zero-order valence-corrected chi connectivity index (χ0v) is 21.8. The van der Waals surface area contributed by atoms with Crippen molar-refractivity contribution in [2.45, 2.75) is 13.5 Å². The zero-order valence-electron chi connectivity index (χ0n) is 18.7. The van der Waals surface area contributed by atoms with E-state index in [1.54, 1.807) is 48.5 Å². The molecule has 182 valence electrons. The number of nitrogens with zero attached hydrogens (tertiary/aromatic N) is 2. The number of hydrogen-bond donors (Lipinski definition) is 1. The van der Waals surface area contributed by atoms with Gasteiger partial charge in [-0.1, -0.05) is 29.8 Å². The van der Waals surface area contributed by atoms with E-state index in [1.165, 1.54) is 18.2 Å². The highest BCUT2D eigenvalue weighted by Crippen LogP contribution is 2.36. The molecule has 0 aromatic heterocycles. The van der Waals surface area contributed by atoms with Crippen LogP contribution in [0, 0.1) is 17.0 Å². The molecule has 36 heavy (non-hydrogen) atoms. The van der Waals surface area contributed by atoms with E-state index in [1.807, 2.05) is 6.92 Å². The molecule has 1 aliphatic rings. The Labute approximate surface area is 222 Å². The minimum atomic E-state index is -0.821. The van der Waals surface area contributed by atoms with Crippen molar-refractivity contribution in [1.29, 1.82) is 0 Å². The average Bonchev–Trinajstić information content (AvgIpc) is 2.82. The summed E-state index contributed by atoms with van der Waals surface area (Å²) in [5, 5.41) is 13.2. The molecule has 0 spiro atoms. The molecule has 1 saturated heterocycles. The number of carbonyl (C=O) groups excluding carboxylic acids is 3. The third-order valence-electron chi connectivity index (χ3n) is 5.23. The Hall–Kier alpha value is -3.83. The highest BCUT2D eigenvalue weighted by molar-refractivity contribution is 9.11. The number of ether oxygens (including phenoxy) is 1. The van der Waals surface area contributed by atoms with Crippen LogP contribution in [-0.4, -0.2) is 22.8 Å². The van der Waals surface area contributed by atoms with E-state index in [0.29, 0.717) is 31.5 Å². The maximum Gasteiger partial charge on any atom is 0.335 e. The van der Waals surface area contributed by atoms with Crippen LogP contribution in [-0.2, 0) is 16.2 Å². The standard InChI is InChI=1S/C25H17Br2N3O6/c1-14-5-7-17(8-6-14)29-24(32)19(23(31)28-25(29)33)10-16-11-20(26)22(21(27)12-16)36-13-15-3-2-4-18(9-15)30(34)35/h2-12H,13H2,1H3,(H,28,31,33)/b19-10+. The van der Waals surface area contributed by atoms with Crippen molar-refractivity contribution in [2.24, 2.45) is 0 Å². The van der Waals surface area contributed by atoms with Gasteiger partial charge in [0.05, 0.1) is 19.6 Å². The molecule has 4 rings (SSSR count). The predicted molar refractivity (Wildman–Crippen MR) is 139 cm³/mol. The molecule has 11 heteroatoms. The quantitative estimate of drug-likeness (QED) is 0.165. The predicted octanol–water partition coefficient (Wildman–Crippen LogP) is 5.67. The second-order valence-corrected chi connectivity index (χ2v) is 9.53. The fraction of sp³-hybridized carbons (Fsp3) is 0.0800. The number of nitrogens with one attached hydrogen (secondary N) is 1. The largest absolute Gasteiger partial charge is 0.487 e. The first-order valence-electron chi connectivity index (χ1n) is 10.5. The van der Waals surface area contributed by atoms with Crippen molar-refractivity contribution < 1.29 is 24.0 Å². The third-order valence-corrected chi connectivity index (χ3v) is 6.41. The summed E-state index contributed by atoms with van der Waals surface area (Å²) in [5.41, 5.74) is 2.16. The van der Waals surface area contributed by atoms with E-state index in [9.17, 15) is 24.5 Å². The van der Waals surface area contributed by atoms with E-state index in [4.69, 9.17) is 4.74 Å². The Morgan fingerprint density at radius 3 is 2.33 bits per heavy atom. The molecule has 1 N–H and O–H groups in total. The summed E-state index contributed by atoms with van der Waals surface area (Å²) in [6, 6.07) is 15.4. The molecular formula is C25H17Br2N3O6. The summed E-state index contributed by atoms with van der Waals surface area (Å²) in [6.07, 6.45) is 1.38. The summed E-state index contributed by atoms with van der Waals surface area (Å²) < 4.78 is 6.87. The SMILES string of the molecule is Cc1ccc(N2C(=O)NC(=O)/C(=C\c3cc(Br)c(OCc4cccc([N+](=O)[O-])c4)c(Br)c3)C2=O)cc1. The first-order valence-corrected chi connectivity index (χ1v) is 12.1. The molecule has 3 aromatic carbocycles. The molecule has 0 bridgehead atoms. The number of non-ortho nitro benzene ring substituents is 1. The zero-order chi connectivity index (χ0) is 26.0. The van der Waals surface area contributed by atoms with Gasteiger partial charge in [-0.15, -0.1) is 0 Å². The van der Waals surface area contributed by atoms with Crippen molar-refractivity contribution in [3.05, 3.63) is 102 Å². The Morgan fingerprint density at radius 2 is 1.69 bits per heavy atom. The fourth-order valence-electron chi connectivity index (χ4n) is 3.47. The van der Waals surface area contributed by atoms with Crippen molar-refractivity contribution in [3.63, 3.8) is 0 Å². The number of amides is 4. The van der Waals surface area contributed by atoms with Gasteiger partial charge in [0.1, 0.15) is 17.9 Å². The lowest BCUT2D eigenvalue weighted by Crippen LogP contribution is -2.54. The van der Waals surface area contributed by atoms with E-state index < -0.39 is 22.8 Å². The third kappa shape index (κ3) is 5.37. The van der Waals surface area contributed by atoms with E-state index >= 15 is 0 Å². The molecule has 0 aliphatic carbocycles. The Balaban J connectivity index is 1.59. The number of hydrogen-bond acceptors (Lipinski definition) is 6. The maximum atomic E-state index is 13.1. The van der Waals surface area contributed by atoms with Gasteiger partial charge < -0.3 is 4.74 Å². The summed E-state index contributed by atoms with van der Waals surface area (Å²) in [5.74, 6) is -1.11. The monoisotopic (exact) mass is 613 g/mol. The molecule has 9 nitrogen and oxygen atoms in total. The van der Waals surface area contributed by atoms with Crippen LogP contribution in [0.1, 0.15) is 16.7 Å². The summed E-state index contributed by atoms with van der Waals surface area (Å²) in [4.78, 5) is 49.4. The first kappa shape index (κ1) is 25.3. The molecule has 3 aromatic rings. The fourth-order valence-corrected chi connectivity index (χ4v) is 4.92. The normalized spacial score (nSPS) is 14.7. The molecule has 0 atom stereocenters. The molecular weight excluding hydrogens is 598 g/mol. The van der Waals surface area contributed by atoms with Gasteiger partial charge in [-0.05, 0) is 80.3 Å². The Kier molecular flexibility index (Phi) is 7.32. The number of aryl methyl sites for hydroxylation is 1. The van der Waals surface area contributed by atoms with Crippen LogP contribution in [0.4, 0.5) is 16.2 Å². The Morgan fingerprint density at radius 1 is 1.03 bits per heavy atom. The van der Waals surface area contributed by atoms with E-state index in [-0.39, 0.29) is 17.9 Å². The molecule has 1 aliphatic heterocycles. The van der Waals surface area contributed by atoms with Gasteiger partial charge >= 0.3 is 6.03 Å². The molecule has 1 heterocycles. The van der Waals surface area contributed by atoms with Crippen molar-refractivity contribution in [2.75, 3.05) is 4.90 Å². The van der Waals surface area contributed by atoms with Crippen LogP contribution in [0.2, 0.25) is 0 Å². The van der Waals surface area contributed by atoms with Crippen LogP contribution >= 0.6 is 31.9 Å². The molecule has 1 fully saturated rings. The molecule has 0 saturated carbocycles. The number of carbonyl (C=O) groups is 3. The van der Waals surface area contributed by atoms with Crippen LogP contribution in [0.5, 0.6) is 5.75 Å². The van der Waals surface area contributed by atoms with Gasteiger partial charge in [0.25, 0.3) is 17.5 Å². The maximum absolute atomic E-state index is 13.1. The lowest BCUT2D eigenvalue weighted by atomic mass is 10.1. The van der Waals surface area contributed by atoms with Gasteiger partial charge in [0.2, 0.25) is 0 Å². The van der Waals surface area contributed by atoms with Gasteiger partial charge in [-0.25, -0.2) is 9.69 Å². The van der Waals surface area contributed by atoms with Crippen LogP contribution in [0.15, 0.2) is 75.2 Å². The number of barbiturate groups is 1. The number of urea groups is 1. The lowest BCUT2D eigenvalue weighted by molar-refractivity contribution is -0.384. The van der Waals surface area contributed by atoms with Crippen LogP contribution in [0.3, 0.4) is 0 Å². The molecule has 4 amide bonds. The molecule has 0 radical (unpaired) electrons. The van der Waals surface area contributed by atoms with Gasteiger partial charge in [0, 0.05) is 12.1 Å². The minimum Gasteiger partial charge on any atom is -0.487 e. The number of nitro groups is 1. The van der Waals surface area contributed by atoms with E-state index in [0.717, 1.165) is 10.5 Å². The Bertz CT molecular complexity index is 1410. The van der Waals surface area contributed by atoms with Gasteiger partial charge in [-0.3, -0.25) is 25.0 Å². The number of halogens is 2. The van der Waals surface area contributed by atoms with Crippen molar-refractivity contribution in [3.8, 4) is 5.75 Å².